The Hall–Kier alpha value is -3.89. The minimum atomic E-state index is -0.314. The molecule has 0 aliphatic heterocycles. The van der Waals surface area contributed by atoms with Crippen molar-refractivity contribution in [3.63, 3.8) is 0 Å². The fourth-order valence-electron chi connectivity index (χ4n) is 3.84. The van der Waals surface area contributed by atoms with E-state index in [1.54, 1.807) is 12.1 Å². The molecule has 0 bridgehead atoms. The van der Waals surface area contributed by atoms with Gasteiger partial charge in [0.15, 0.2) is 5.69 Å². The highest BCUT2D eigenvalue weighted by atomic mass is 35.5. The summed E-state index contributed by atoms with van der Waals surface area (Å²) < 4.78 is 1.83. The highest BCUT2D eigenvalue weighted by Crippen LogP contribution is 2.31. The Balaban J connectivity index is 1.66. The molecule has 0 aliphatic carbocycles. The number of benzene rings is 4. The number of aromatic nitrogens is 2. The number of halogens is 1. The van der Waals surface area contributed by atoms with Gasteiger partial charge in [-0.15, -0.1) is 0 Å². The fraction of sp³-hybridized carbons (Fsp3) is 0.0370. The number of anilines is 1. The lowest BCUT2D eigenvalue weighted by atomic mass is 10.0. The maximum Gasteiger partial charge on any atom is 0.276 e. The van der Waals surface area contributed by atoms with Crippen molar-refractivity contribution in [1.29, 1.82) is 0 Å². The zero-order valence-corrected chi connectivity index (χ0v) is 18.2. The highest BCUT2D eigenvalue weighted by molar-refractivity contribution is 6.33. The number of para-hydroxylation sites is 1. The summed E-state index contributed by atoms with van der Waals surface area (Å²) in [7, 11) is 0. The number of carbonyl (C=O) groups excluding carboxylic acids is 1. The quantitative estimate of drug-likeness (QED) is 0.332. The van der Waals surface area contributed by atoms with Gasteiger partial charge < -0.3 is 5.32 Å². The molecule has 4 aromatic carbocycles. The molecular formula is C27H20ClN3O. The summed E-state index contributed by atoms with van der Waals surface area (Å²) in [5, 5.41) is 10.3. The zero-order chi connectivity index (χ0) is 22.1. The summed E-state index contributed by atoms with van der Waals surface area (Å²) in [4.78, 5) is 13.1. The summed E-state index contributed by atoms with van der Waals surface area (Å²) >= 11 is 6.23. The molecule has 0 atom stereocenters. The second-order valence-corrected chi connectivity index (χ2v) is 8.03. The van der Waals surface area contributed by atoms with E-state index in [-0.39, 0.29) is 5.91 Å². The minimum Gasteiger partial charge on any atom is -0.319 e. The van der Waals surface area contributed by atoms with Gasteiger partial charge in [0.25, 0.3) is 5.91 Å². The van der Waals surface area contributed by atoms with Crippen LogP contribution in [0.1, 0.15) is 16.1 Å². The van der Waals surface area contributed by atoms with Crippen molar-refractivity contribution in [3.05, 3.63) is 113 Å². The Morgan fingerprint density at radius 1 is 0.875 bits per heavy atom. The van der Waals surface area contributed by atoms with Gasteiger partial charge in [0.2, 0.25) is 0 Å². The molecule has 0 radical (unpaired) electrons. The second-order valence-electron chi connectivity index (χ2n) is 7.63. The summed E-state index contributed by atoms with van der Waals surface area (Å²) in [5.41, 5.74) is 4.73. The maximum atomic E-state index is 13.1. The molecule has 1 amide bonds. The van der Waals surface area contributed by atoms with Crippen molar-refractivity contribution >= 4 is 34.0 Å². The van der Waals surface area contributed by atoms with E-state index in [0.29, 0.717) is 16.4 Å². The second kappa shape index (κ2) is 8.33. The largest absolute Gasteiger partial charge is 0.319 e. The van der Waals surface area contributed by atoms with E-state index in [0.717, 1.165) is 33.3 Å². The van der Waals surface area contributed by atoms with Gasteiger partial charge in [0.05, 0.1) is 22.1 Å². The summed E-state index contributed by atoms with van der Waals surface area (Å²) in [5.74, 6) is -0.314. The molecule has 0 spiro atoms. The van der Waals surface area contributed by atoms with Gasteiger partial charge in [-0.05, 0) is 53.6 Å². The van der Waals surface area contributed by atoms with Crippen LogP contribution in [0.2, 0.25) is 5.02 Å². The van der Waals surface area contributed by atoms with Crippen molar-refractivity contribution in [3.8, 4) is 16.9 Å². The first kappa shape index (κ1) is 20.0. The molecule has 0 saturated heterocycles. The molecule has 156 valence electrons. The van der Waals surface area contributed by atoms with E-state index in [9.17, 15) is 4.79 Å². The topological polar surface area (TPSA) is 46.9 Å². The maximum absolute atomic E-state index is 13.1. The van der Waals surface area contributed by atoms with Crippen molar-refractivity contribution in [2.75, 3.05) is 5.32 Å². The standard InChI is InChI=1S/C27H20ClN3O/c1-18-8-6-11-20(16-18)31-26(22-13-7-10-19-9-2-3-12-21(19)22)17-25(30-31)27(32)29-24-15-5-4-14-23(24)28/h2-17H,1H3,(H,29,32). The zero-order valence-electron chi connectivity index (χ0n) is 17.4. The molecule has 0 fully saturated rings. The Bertz CT molecular complexity index is 1450. The number of carbonyl (C=O) groups is 1. The molecule has 5 rings (SSSR count). The highest BCUT2D eigenvalue weighted by Gasteiger charge is 2.19. The lowest BCUT2D eigenvalue weighted by Crippen LogP contribution is -2.13. The van der Waals surface area contributed by atoms with Crippen molar-refractivity contribution in [2.24, 2.45) is 0 Å². The average Bonchev–Trinajstić information content (AvgIpc) is 3.26. The van der Waals surface area contributed by atoms with Crippen LogP contribution in [-0.4, -0.2) is 15.7 Å². The predicted octanol–water partition coefficient (Wildman–Crippen LogP) is 6.91. The van der Waals surface area contributed by atoms with Gasteiger partial charge >= 0.3 is 0 Å². The Morgan fingerprint density at radius 2 is 1.62 bits per heavy atom. The first-order chi connectivity index (χ1) is 15.6. The molecular weight excluding hydrogens is 418 g/mol. The first-order valence-corrected chi connectivity index (χ1v) is 10.7. The predicted molar refractivity (Wildman–Crippen MR) is 131 cm³/mol. The lowest BCUT2D eigenvalue weighted by molar-refractivity contribution is 0.102. The average molecular weight is 438 g/mol. The monoisotopic (exact) mass is 437 g/mol. The Labute approximate surface area is 191 Å². The van der Waals surface area contributed by atoms with Gasteiger partial charge in [-0.1, -0.05) is 78.3 Å². The van der Waals surface area contributed by atoms with Crippen molar-refractivity contribution in [2.45, 2.75) is 6.92 Å². The lowest BCUT2D eigenvalue weighted by Gasteiger charge is -2.10. The number of amides is 1. The number of fused-ring (bicyclic) bond motifs is 1. The molecule has 0 saturated carbocycles. The Morgan fingerprint density at radius 3 is 2.47 bits per heavy atom. The molecule has 1 N–H and O–H groups in total. The van der Waals surface area contributed by atoms with E-state index in [2.05, 4.69) is 35.6 Å². The first-order valence-electron chi connectivity index (χ1n) is 10.3. The van der Waals surface area contributed by atoms with E-state index < -0.39 is 0 Å². The molecule has 5 heteroatoms. The third kappa shape index (κ3) is 3.77. The minimum absolute atomic E-state index is 0.314. The van der Waals surface area contributed by atoms with Crippen LogP contribution in [0.5, 0.6) is 0 Å². The molecule has 0 unspecified atom stereocenters. The van der Waals surface area contributed by atoms with Gasteiger partial charge in [-0.3, -0.25) is 4.79 Å². The molecule has 4 nitrogen and oxygen atoms in total. The SMILES string of the molecule is Cc1cccc(-n2nc(C(=O)Nc3ccccc3Cl)cc2-c2cccc3ccccc23)c1. The van der Waals surface area contributed by atoms with Crippen molar-refractivity contribution in [1.82, 2.24) is 9.78 Å². The fourth-order valence-corrected chi connectivity index (χ4v) is 4.02. The van der Waals surface area contributed by atoms with Crippen LogP contribution in [0.25, 0.3) is 27.7 Å². The van der Waals surface area contributed by atoms with E-state index in [1.165, 1.54) is 0 Å². The summed E-state index contributed by atoms with van der Waals surface area (Å²) in [6.07, 6.45) is 0. The molecule has 5 aromatic rings. The number of hydrogen-bond donors (Lipinski definition) is 1. The summed E-state index contributed by atoms with van der Waals surface area (Å²) in [6, 6.07) is 31.4. The molecule has 1 aromatic heterocycles. The normalized spacial score (nSPS) is 10.9. The van der Waals surface area contributed by atoms with E-state index in [4.69, 9.17) is 16.7 Å². The van der Waals surface area contributed by atoms with Crippen LogP contribution in [-0.2, 0) is 0 Å². The molecule has 32 heavy (non-hydrogen) atoms. The number of nitrogens with one attached hydrogen (secondary N) is 1. The number of hydrogen-bond acceptors (Lipinski definition) is 2. The van der Waals surface area contributed by atoms with Crippen LogP contribution in [0.15, 0.2) is 97.1 Å². The van der Waals surface area contributed by atoms with Crippen molar-refractivity contribution < 1.29 is 4.79 Å². The van der Waals surface area contributed by atoms with Gasteiger partial charge in [0, 0.05) is 5.56 Å². The third-order valence-electron chi connectivity index (χ3n) is 5.38. The van der Waals surface area contributed by atoms with E-state index >= 15 is 0 Å². The van der Waals surface area contributed by atoms with Crippen LogP contribution >= 0.6 is 11.6 Å². The van der Waals surface area contributed by atoms with Crippen LogP contribution < -0.4 is 5.32 Å². The smallest absolute Gasteiger partial charge is 0.276 e. The molecule has 0 aliphatic rings. The number of rotatable bonds is 4. The third-order valence-corrected chi connectivity index (χ3v) is 5.71. The van der Waals surface area contributed by atoms with Crippen LogP contribution in [0.3, 0.4) is 0 Å². The van der Waals surface area contributed by atoms with Gasteiger partial charge in [-0.25, -0.2) is 4.68 Å². The Kier molecular flexibility index (Phi) is 5.21. The van der Waals surface area contributed by atoms with Crippen LogP contribution in [0, 0.1) is 6.92 Å². The van der Waals surface area contributed by atoms with Gasteiger partial charge in [-0.2, -0.15) is 5.10 Å². The van der Waals surface area contributed by atoms with Crippen LogP contribution in [0.4, 0.5) is 5.69 Å². The summed E-state index contributed by atoms with van der Waals surface area (Å²) in [6.45, 7) is 2.04. The number of aryl methyl sites for hydroxylation is 1. The van der Waals surface area contributed by atoms with Gasteiger partial charge in [0.1, 0.15) is 0 Å². The number of nitrogens with zero attached hydrogens (tertiary/aromatic N) is 2. The molecule has 1 heterocycles. The van der Waals surface area contributed by atoms with E-state index in [1.807, 2.05) is 66.2 Å².